The fourth-order valence-corrected chi connectivity index (χ4v) is 3.90. The van der Waals surface area contributed by atoms with Crippen LogP contribution in [0.15, 0.2) is 29.1 Å². The van der Waals surface area contributed by atoms with Crippen molar-refractivity contribution in [2.75, 3.05) is 0 Å². The van der Waals surface area contributed by atoms with Crippen LogP contribution in [0.25, 0.3) is 10.9 Å². The third-order valence-electron chi connectivity index (χ3n) is 5.63. The first-order valence-electron chi connectivity index (χ1n) is 10.0. The van der Waals surface area contributed by atoms with Gasteiger partial charge in [-0.25, -0.2) is 0 Å². The third-order valence-corrected chi connectivity index (χ3v) is 9.96. The minimum atomic E-state index is -2.08. The van der Waals surface area contributed by atoms with Crippen molar-refractivity contribution in [2.24, 2.45) is 0 Å². The molecule has 144 valence electrons. The molecule has 0 bridgehead atoms. The number of pyridine rings is 1. The first-order valence-corrected chi connectivity index (χ1v) is 12.9. The molecule has 0 unspecified atom stereocenters. The van der Waals surface area contributed by atoms with Crippen molar-refractivity contribution in [1.29, 1.82) is 0 Å². The molecule has 1 aromatic heterocycles. The van der Waals surface area contributed by atoms with Crippen LogP contribution < -0.4 is 9.85 Å². The molecule has 1 aromatic carbocycles. The van der Waals surface area contributed by atoms with Gasteiger partial charge in [-0.3, -0.25) is 4.79 Å². The van der Waals surface area contributed by atoms with Crippen LogP contribution in [0.4, 0.5) is 0 Å². The zero-order chi connectivity index (χ0) is 19.4. The number of unbranched alkanes of at least 4 members (excludes halogenated alkanes) is 4. The summed E-state index contributed by atoms with van der Waals surface area (Å²) in [5, 5.41) is 0.777. The molecule has 0 amide bonds. The van der Waals surface area contributed by atoms with Crippen molar-refractivity contribution in [3.63, 3.8) is 0 Å². The number of nitrogens with one attached hydrogen (secondary N) is 1. The van der Waals surface area contributed by atoms with E-state index in [1.165, 1.54) is 25.7 Å². The maximum atomic E-state index is 13.2. The van der Waals surface area contributed by atoms with Crippen molar-refractivity contribution in [3.8, 4) is 5.75 Å². The Morgan fingerprint density at radius 3 is 2.35 bits per heavy atom. The predicted molar refractivity (Wildman–Crippen MR) is 115 cm³/mol. The molecule has 0 atom stereocenters. The van der Waals surface area contributed by atoms with E-state index < -0.39 is 8.32 Å². The highest BCUT2D eigenvalue weighted by molar-refractivity contribution is 6.74. The molecular formula is C22H35NO2Si. The lowest BCUT2D eigenvalue weighted by Gasteiger charge is -2.36. The number of aromatic amines is 1. The van der Waals surface area contributed by atoms with E-state index >= 15 is 0 Å². The molecule has 1 heterocycles. The van der Waals surface area contributed by atoms with Gasteiger partial charge in [0.25, 0.3) is 8.32 Å². The zero-order valence-corrected chi connectivity index (χ0v) is 18.4. The van der Waals surface area contributed by atoms with Crippen LogP contribution >= 0.6 is 0 Å². The van der Waals surface area contributed by atoms with Crippen LogP contribution in [0.3, 0.4) is 0 Å². The SMILES string of the molecule is CCCCCCCc1[nH]c2ccccc2c(=O)c1O[Si](C)(C)C(C)(C)C. The van der Waals surface area contributed by atoms with Crippen molar-refractivity contribution < 1.29 is 4.43 Å². The van der Waals surface area contributed by atoms with E-state index in [2.05, 4.69) is 45.8 Å². The van der Waals surface area contributed by atoms with Gasteiger partial charge in [-0.15, -0.1) is 0 Å². The van der Waals surface area contributed by atoms with E-state index in [0.717, 1.165) is 29.4 Å². The normalized spacial score (nSPS) is 12.5. The third kappa shape index (κ3) is 4.79. The van der Waals surface area contributed by atoms with Gasteiger partial charge >= 0.3 is 0 Å². The van der Waals surface area contributed by atoms with Crippen LogP contribution in [0.2, 0.25) is 18.1 Å². The van der Waals surface area contributed by atoms with Crippen molar-refractivity contribution in [3.05, 3.63) is 40.2 Å². The highest BCUT2D eigenvalue weighted by Crippen LogP contribution is 2.37. The number of H-pyrrole nitrogens is 1. The summed E-state index contributed by atoms with van der Waals surface area (Å²) in [7, 11) is -2.08. The Labute approximate surface area is 159 Å². The number of aromatic nitrogens is 1. The molecule has 3 nitrogen and oxygen atoms in total. The van der Waals surface area contributed by atoms with Crippen molar-refractivity contribution >= 4 is 19.2 Å². The number of fused-ring (bicyclic) bond motifs is 1. The standard InChI is InChI=1S/C22H35NO2Si/c1-7-8-9-10-11-16-19-21(25-26(5,6)22(2,3)4)20(24)17-14-12-13-15-18(17)23-19/h12-15H,7-11,16H2,1-6H3,(H,23,24). The number of aryl methyl sites for hydroxylation is 1. The Bertz CT molecular complexity index is 787. The molecule has 4 heteroatoms. The first kappa shape index (κ1) is 20.8. The fraction of sp³-hybridized carbons (Fsp3) is 0.591. The molecule has 0 fully saturated rings. The minimum absolute atomic E-state index is 0.0349. The molecule has 0 spiro atoms. The Balaban J connectivity index is 2.39. The van der Waals surface area contributed by atoms with E-state index in [1.54, 1.807) is 0 Å². The second-order valence-electron chi connectivity index (χ2n) is 8.83. The average Bonchev–Trinajstić information content (AvgIpc) is 2.57. The molecule has 0 saturated heterocycles. The van der Waals surface area contributed by atoms with Gasteiger partial charge in [-0.2, -0.15) is 0 Å². The van der Waals surface area contributed by atoms with Crippen LogP contribution in [-0.2, 0) is 6.42 Å². The van der Waals surface area contributed by atoms with Crippen LogP contribution in [0.5, 0.6) is 5.75 Å². The maximum absolute atomic E-state index is 13.2. The number of para-hydroxylation sites is 1. The molecule has 2 rings (SSSR count). The average molecular weight is 374 g/mol. The van der Waals surface area contributed by atoms with Crippen molar-refractivity contribution in [1.82, 2.24) is 4.98 Å². The lowest BCUT2D eigenvalue weighted by molar-refractivity contribution is 0.479. The Hall–Kier alpha value is -1.55. The number of benzene rings is 1. The number of rotatable bonds is 8. The Morgan fingerprint density at radius 2 is 1.69 bits per heavy atom. The number of hydrogen-bond acceptors (Lipinski definition) is 2. The summed E-state index contributed by atoms with van der Waals surface area (Å²) in [6.07, 6.45) is 6.93. The molecule has 0 radical (unpaired) electrons. The van der Waals surface area contributed by atoms with Gasteiger partial charge in [0.1, 0.15) is 0 Å². The van der Waals surface area contributed by atoms with E-state index in [0.29, 0.717) is 5.75 Å². The Morgan fingerprint density at radius 1 is 1.04 bits per heavy atom. The van der Waals surface area contributed by atoms with E-state index in [9.17, 15) is 4.79 Å². The quantitative estimate of drug-likeness (QED) is 0.428. The van der Waals surface area contributed by atoms with Gasteiger partial charge in [0.15, 0.2) is 5.75 Å². The summed E-state index contributed by atoms with van der Waals surface area (Å²) in [6.45, 7) is 13.3. The minimum Gasteiger partial charge on any atom is -0.540 e. The summed E-state index contributed by atoms with van der Waals surface area (Å²) in [5.74, 6) is 0.561. The molecule has 0 aliphatic carbocycles. The molecule has 0 saturated carbocycles. The molecule has 0 aliphatic rings. The van der Waals surface area contributed by atoms with Crippen LogP contribution in [0.1, 0.15) is 65.5 Å². The molecule has 2 aromatic rings. The smallest absolute Gasteiger partial charge is 0.250 e. The van der Waals surface area contributed by atoms with E-state index in [4.69, 9.17) is 4.43 Å². The van der Waals surface area contributed by atoms with Gasteiger partial charge in [0, 0.05) is 10.9 Å². The van der Waals surface area contributed by atoms with Gasteiger partial charge in [-0.1, -0.05) is 65.5 Å². The topological polar surface area (TPSA) is 42.1 Å². The van der Waals surface area contributed by atoms with Crippen LogP contribution in [0, 0.1) is 0 Å². The van der Waals surface area contributed by atoms with Crippen molar-refractivity contribution in [2.45, 2.75) is 84.4 Å². The highest BCUT2D eigenvalue weighted by Gasteiger charge is 2.40. The number of hydrogen-bond donors (Lipinski definition) is 1. The van der Waals surface area contributed by atoms with E-state index in [1.807, 2.05) is 24.3 Å². The summed E-state index contributed by atoms with van der Waals surface area (Å²) in [4.78, 5) is 16.7. The largest absolute Gasteiger partial charge is 0.540 e. The molecule has 0 aliphatic heterocycles. The van der Waals surface area contributed by atoms with Gasteiger partial charge in [0.2, 0.25) is 5.43 Å². The highest BCUT2D eigenvalue weighted by atomic mass is 28.4. The summed E-state index contributed by atoms with van der Waals surface area (Å²) in [6, 6.07) is 7.75. The van der Waals surface area contributed by atoms with E-state index in [-0.39, 0.29) is 10.5 Å². The maximum Gasteiger partial charge on any atom is 0.250 e. The first-order chi connectivity index (χ1) is 12.2. The monoisotopic (exact) mass is 373 g/mol. The second kappa shape index (κ2) is 8.42. The summed E-state index contributed by atoms with van der Waals surface area (Å²) < 4.78 is 6.51. The van der Waals surface area contributed by atoms with Gasteiger partial charge < -0.3 is 9.41 Å². The molecule has 1 N–H and O–H groups in total. The summed E-state index contributed by atoms with van der Waals surface area (Å²) in [5.41, 5.74) is 1.91. The lowest BCUT2D eigenvalue weighted by atomic mass is 10.1. The predicted octanol–water partition coefficient (Wildman–Crippen LogP) is 6.43. The van der Waals surface area contributed by atoms with Gasteiger partial charge in [0.05, 0.1) is 5.69 Å². The zero-order valence-electron chi connectivity index (χ0n) is 17.4. The second-order valence-corrected chi connectivity index (χ2v) is 13.6. The summed E-state index contributed by atoms with van der Waals surface area (Å²) >= 11 is 0. The lowest BCUT2D eigenvalue weighted by Crippen LogP contribution is -2.45. The molecule has 26 heavy (non-hydrogen) atoms. The molecular weight excluding hydrogens is 338 g/mol. The van der Waals surface area contributed by atoms with Crippen LogP contribution in [-0.4, -0.2) is 13.3 Å². The van der Waals surface area contributed by atoms with Gasteiger partial charge in [-0.05, 0) is 43.1 Å². The fourth-order valence-electron chi connectivity index (χ4n) is 2.87. The Kier molecular flexibility index (Phi) is 6.73.